The molecule has 0 aliphatic carbocycles. The number of pyridine rings is 2. The minimum absolute atomic E-state index is 0. The summed E-state index contributed by atoms with van der Waals surface area (Å²) in [6, 6.07) is 18.5. The van der Waals surface area contributed by atoms with E-state index in [9.17, 15) is 9.59 Å². The maximum Gasteiger partial charge on any atom is 0.261 e. The van der Waals surface area contributed by atoms with E-state index in [0.717, 1.165) is 21.9 Å². The number of nitrogens with zero attached hydrogens (tertiary/aromatic N) is 1. The van der Waals surface area contributed by atoms with Crippen LogP contribution in [-0.2, 0) is 0 Å². The molecule has 0 unspecified atom stereocenters. The van der Waals surface area contributed by atoms with Gasteiger partial charge in [0.1, 0.15) is 5.56 Å². The topological polar surface area (TPSA) is 74.8 Å². The van der Waals surface area contributed by atoms with Gasteiger partial charge in [0.05, 0.1) is 0 Å². The summed E-state index contributed by atoms with van der Waals surface area (Å²) < 4.78 is 0. The second kappa shape index (κ2) is 7.85. The zero-order valence-corrected chi connectivity index (χ0v) is 15.0. The van der Waals surface area contributed by atoms with Crippen LogP contribution in [0.4, 0.5) is 5.69 Å². The lowest BCUT2D eigenvalue weighted by atomic mass is 10.0. The fraction of sp³-hybridized carbons (Fsp3) is 0. The summed E-state index contributed by atoms with van der Waals surface area (Å²) in [5, 5.41) is 4.74. The molecule has 2 aromatic heterocycles. The number of halogens is 1. The van der Waals surface area contributed by atoms with Gasteiger partial charge in [-0.25, -0.2) is 0 Å². The monoisotopic (exact) mass is 377 g/mol. The highest BCUT2D eigenvalue weighted by Crippen LogP contribution is 2.27. The van der Waals surface area contributed by atoms with E-state index in [4.69, 9.17) is 0 Å². The summed E-state index contributed by atoms with van der Waals surface area (Å²) in [6.45, 7) is 0. The average Bonchev–Trinajstić information content (AvgIpc) is 2.69. The first-order valence-electron chi connectivity index (χ1n) is 8.14. The molecule has 2 N–H and O–H groups in total. The Morgan fingerprint density at radius 1 is 0.963 bits per heavy atom. The molecular formula is C21H16ClN3O2. The van der Waals surface area contributed by atoms with Crippen molar-refractivity contribution in [3.05, 3.63) is 95.2 Å². The predicted molar refractivity (Wildman–Crippen MR) is 109 cm³/mol. The van der Waals surface area contributed by atoms with E-state index in [2.05, 4.69) is 15.3 Å². The van der Waals surface area contributed by atoms with E-state index >= 15 is 0 Å². The lowest BCUT2D eigenvalue weighted by Crippen LogP contribution is -2.22. The lowest BCUT2D eigenvalue weighted by Gasteiger charge is -2.08. The first-order valence-corrected chi connectivity index (χ1v) is 8.14. The molecule has 0 saturated heterocycles. The molecule has 27 heavy (non-hydrogen) atoms. The SMILES string of the molecule is Cl.O=C(Nc1ccccc1)c1cc(-c2cncc3ccccc23)c[nH]c1=O. The van der Waals surface area contributed by atoms with Gasteiger partial charge < -0.3 is 10.3 Å². The molecule has 2 heterocycles. The fourth-order valence-electron chi connectivity index (χ4n) is 2.87. The van der Waals surface area contributed by atoms with Crippen LogP contribution in [-0.4, -0.2) is 15.9 Å². The van der Waals surface area contributed by atoms with Gasteiger partial charge in [-0.3, -0.25) is 14.6 Å². The number of amides is 1. The van der Waals surface area contributed by atoms with E-state index in [1.807, 2.05) is 42.5 Å². The van der Waals surface area contributed by atoms with Gasteiger partial charge in [0.25, 0.3) is 11.5 Å². The standard InChI is InChI=1S/C21H15N3O2.ClH/c25-20-18(21(26)24-16-7-2-1-3-8-16)10-15(12-23-20)19-13-22-11-14-6-4-5-9-17(14)19;/h1-13H,(H,23,25)(H,24,26);1H. The normalized spacial score (nSPS) is 10.2. The maximum atomic E-state index is 12.5. The van der Waals surface area contributed by atoms with Crippen molar-refractivity contribution in [2.45, 2.75) is 0 Å². The Balaban J connectivity index is 0.00000210. The molecule has 0 aliphatic rings. The van der Waals surface area contributed by atoms with Crippen molar-refractivity contribution in [3.63, 3.8) is 0 Å². The molecule has 4 aromatic rings. The second-order valence-electron chi connectivity index (χ2n) is 5.86. The lowest BCUT2D eigenvalue weighted by molar-refractivity contribution is 0.102. The highest BCUT2D eigenvalue weighted by Gasteiger charge is 2.13. The molecule has 0 bridgehead atoms. The Labute approximate surface area is 161 Å². The van der Waals surface area contributed by atoms with E-state index in [1.165, 1.54) is 0 Å². The molecule has 134 valence electrons. The van der Waals surface area contributed by atoms with Gasteiger partial charge in [-0.05, 0) is 23.6 Å². The van der Waals surface area contributed by atoms with Gasteiger partial charge in [-0.2, -0.15) is 0 Å². The van der Waals surface area contributed by atoms with Crippen LogP contribution in [0.25, 0.3) is 21.9 Å². The number of nitrogens with one attached hydrogen (secondary N) is 2. The molecule has 0 saturated carbocycles. The van der Waals surface area contributed by atoms with Crippen molar-refractivity contribution in [3.8, 4) is 11.1 Å². The van der Waals surface area contributed by atoms with Crippen LogP contribution < -0.4 is 10.9 Å². The van der Waals surface area contributed by atoms with Crippen LogP contribution in [0.15, 0.2) is 84.0 Å². The van der Waals surface area contributed by atoms with Crippen LogP contribution in [0.2, 0.25) is 0 Å². The van der Waals surface area contributed by atoms with E-state index in [-0.39, 0.29) is 18.0 Å². The van der Waals surface area contributed by atoms with Gasteiger partial charge in [0.15, 0.2) is 0 Å². The van der Waals surface area contributed by atoms with Crippen LogP contribution in [0.5, 0.6) is 0 Å². The van der Waals surface area contributed by atoms with Gasteiger partial charge in [-0.1, -0.05) is 42.5 Å². The van der Waals surface area contributed by atoms with Crippen molar-refractivity contribution in [2.75, 3.05) is 5.32 Å². The van der Waals surface area contributed by atoms with Crippen LogP contribution in [0.3, 0.4) is 0 Å². The first-order chi connectivity index (χ1) is 12.7. The third kappa shape index (κ3) is 3.73. The Kier molecular flexibility index (Phi) is 5.33. The zero-order chi connectivity index (χ0) is 17.9. The third-order valence-corrected chi connectivity index (χ3v) is 4.16. The molecule has 0 radical (unpaired) electrons. The average molecular weight is 378 g/mol. The number of H-pyrrole nitrogens is 1. The van der Waals surface area contributed by atoms with Gasteiger partial charge in [0.2, 0.25) is 0 Å². The number of carbonyl (C=O) groups excluding carboxylic acids is 1. The number of carbonyl (C=O) groups is 1. The van der Waals surface area contributed by atoms with Gasteiger partial charge in [-0.15, -0.1) is 12.4 Å². The molecule has 1 amide bonds. The molecule has 5 nitrogen and oxygen atoms in total. The molecule has 0 atom stereocenters. The summed E-state index contributed by atoms with van der Waals surface area (Å²) in [4.78, 5) is 31.6. The van der Waals surface area contributed by atoms with Crippen LogP contribution in [0, 0.1) is 0 Å². The number of para-hydroxylation sites is 1. The third-order valence-electron chi connectivity index (χ3n) is 4.16. The Morgan fingerprint density at radius 3 is 2.52 bits per heavy atom. The van der Waals surface area contributed by atoms with Crippen LogP contribution >= 0.6 is 12.4 Å². The predicted octanol–water partition coefficient (Wildman–Crippen LogP) is 4.26. The van der Waals surface area contributed by atoms with E-state index in [1.54, 1.807) is 36.8 Å². The largest absolute Gasteiger partial charge is 0.328 e. The highest BCUT2D eigenvalue weighted by molar-refractivity contribution is 6.05. The number of hydrogen-bond acceptors (Lipinski definition) is 3. The van der Waals surface area contributed by atoms with Crippen molar-refractivity contribution in [1.82, 2.24) is 9.97 Å². The summed E-state index contributed by atoms with van der Waals surface area (Å²) >= 11 is 0. The maximum absolute atomic E-state index is 12.5. The molecule has 0 spiro atoms. The number of rotatable bonds is 3. The van der Waals surface area contributed by atoms with Crippen molar-refractivity contribution >= 4 is 34.8 Å². The summed E-state index contributed by atoms with van der Waals surface area (Å²) in [6.07, 6.45) is 5.12. The minimum Gasteiger partial charge on any atom is -0.328 e. The minimum atomic E-state index is -0.451. The van der Waals surface area contributed by atoms with Crippen LogP contribution in [0.1, 0.15) is 10.4 Å². The number of aromatic nitrogens is 2. The summed E-state index contributed by atoms with van der Waals surface area (Å²) in [7, 11) is 0. The Hall–Kier alpha value is -3.44. The Morgan fingerprint density at radius 2 is 1.70 bits per heavy atom. The number of anilines is 1. The molecular weight excluding hydrogens is 362 g/mol. The smallest absolute Gasteiger partial charge is 0.261 e. The van der Waals surface area contributed by atoms with Crippen molar-refractivity contribution in [1.29, 1.82) is 0 Å². The summed E-state index contributed by atoms with van der Waals surface area (Å²) in [5.74, 6) is -0.451. The highest BCUT2D eigenvalue weighted by atomic mass is 35.5. The molecule has 4 rings (SSSR count). The van der Waals surface area contributed by atoms with Gasteiger partial charge >= 0.3 is 0 Å². The molecule has 0 aliphatic heterocycles. The zero-order valence-electron chi connectivity index (χ0n) is 14.2. The number of fused-ring (bicyclic) bond motifs is 1. The number of benzene rings is 2. The fourth-order valence-corrected chi connectivity index (χ4v) is 2.87. The second-order valence-corrected chi connectivity index (χ2v) is 5.86. The number of aromatic amines is 1. The molecule has 0 fully saturated rings. The van der Waals surface area contributed by atoms with Gasteiger partial charge in [0, 0.05) is 40.8 Å². The first kappa shape index (κ1) is 18.4. The molecule has 2 aromatic carbocycles. The van der Waals surface area contributed by atoms with Crippen molar-refractivity contribution < 1.29 is 4.79 Å². The quantitative estimate of drug-likeness (QED) is 0.560. The summed E-state index contributed by atoms with van der Waals surface area (Å²) in [5.41, 5.74) is 1.84. The van der Waals surface area contributed by atoms with E-state index < -0.39 is 11.5 Å². The number of hydrogen-bond donors (Lipinski definition) is 2. The van der Waals surface area contributed by atoms with Crippen molar-refractivity contribution in [2.24, 2.45) is 0 Å². The molecule has 6 heteroatoms. The Bertz CT molecular complexity index is 1150. The van der Waals surface area contributed by atoms with E-state index in [0.29, 0.717) is 5.69 Å².